The molecule has 2 heteroatoms. The van der Waals surface area contributed by atoms with Gasteiger partial charge in [0.05, 0.1) is 6.10 Å². The Balaban J connectivity index is 1.79. The fraction of sp³-hybridized carbons (Fsp3) is 0.538. The number of aliphatic hydroxyl groups excluding tert-OH is 1. The molecule has 0 heterocycles. The van der Waals surface area contributed by atoms with Crippen LogP contribution in [0.2, 0.25) is 0 Å². The van der Waals surface area contributed by atoms with Crippen molar-refractivity contribution in [2.75, 3.05) is 0 Å². The summed E-state index contributed by atoms with van der Waals surface area (Å²) in [6.07, 6.45) is 2.90. The summed E-state index contributed by atoms with van der Waals surface area (Å²) in [5.41, 5.74) is 0.476. The molecule has 0 radical (unpaired) electrons. The molecule has 0 amide bonds. The van der Waals surface area contributed by atoms with Crippen LogP contribution in [0.25, 0.3) is 0 Å². The van der Waals surface area contributed by atoms with E-state index in [-0.39, 0.29) is 11.7 Å². The minimum absolute atomic E-state index is 0.273. The Morgan fingerprint density at radius 1 is 1.13 bits per heavy atom. The van der Waals surface area contributed by atoms with E-state index in [2.05, 4.69) is 0 Å². The Labute approximate surface area is 88.9 Å². The summed E-state index contributed by atoms with van der Waals surface area (Å²) in [7, 11) is 0. The summed E-state index contributed by atoms with van der Waals surface area (Å²) in [6.45, 7) is 0. The van der Waals surface area contributed by atoms with E-state index < -0.39 is 6.10 Å². The van der Waals surface area contributed by atoms with Crippen LogP contribution in [0.15, 0.2) is 24.3 Å². The van der Waals surface area contributed by atoms with Crippen molar-refractivity contribution in [3.05, 3.63) is 35.6 Å². The molecule has 2 saturated carbocycles. The average Bonchev–Trinajstić information content (AvgIpc) is 2.86. The van der Waals surface area contributed by atoms with Gasteiger partial charge in [0, 0.05) is 5.56 Å². The molecule has 0 spiro atoms. The third-order valence-corrected chi connectivity index (χ3v) is 3.95. The first-order valence-electron chi connectivity index (χ1n) is 5.68. The average molecular weight is 206 g/mol. The summed E-state index contributed by atoms with van der Waals surface area (Å²) < 4.78 is 13.4. The lowest BCUT2D eigenvalue weighted by Crippen LogP contribution is -2.12. The van der Waals surface area contributed by atoms with Gasteiger partial charge in [0.25, 0.3) is 0 Å². The molecule has 2 aliphatic rings. The van der Waals surface area contributed by atoms with E-state index >= 15 is 0 Å². The zero-order valence-corrected chi connectivity index (χ0v) is 8.57. The standard InChI is InChI=1S/C13H15FO/c14-12-4-2-1-3-11(12)13(15)10-6-8-5-9(8)7-10/h1-4,8-10,13,15H,5-7H2. The number of fused-ring (bicyclic) bond motifs is 1. The first kappa shape index (κ1) is 9.34. The minimum Gasteiger partial charge on any atom is -0.388 e. The molecule has 0 saturated heterocycles. The van der Waals surface area contributed by atoms with Gasteiger partial charge in [-0.3, -0.25) is 0 Å². The first-order chi connectivity index (χ1) is 7.25. The van der Waals surface area contributed by atoms with Crippen LogP contribution >= 0.6 is 0 Å². The van der Waals surface area contributed by atoms with Gasteiger partial charge >= 0.3 is 0 Å². The molecule has 1 N–H and O–H groups in total. The second-order valence-corrected chi connectivity index (χ2v) is 4.95. The lowest BCUT2D eigenvalue weighted by Gasteiger charge is -2.20. The number of rotatable bonds is 2. The monoisotopic (exact) mass is 206 g/mol. The van der Waals surface area contributed by atoms with Crippen LogP contribution in [0, 0.1) is 23.6 Å². The number of benzene rings is 1. The second-order valence-electron chi connectivity index (χ2n) is 4.95. The Morgan fingerprint density at radius 2 is 1.80 bits per heavy atom. The molecule has 0 aromatic heterocycles. The van der Waals surface area contributed by atoms with Gasteiger partial charge < -0.3 is 5.11 Å². The Kier molecular flexibility index (Phi) is 2.06. The topological polar surface area (TPSA) is 20.2 Å². The smallest absolute Gasteiger partial charge is 0.129 e. The predicted octanol–water partition coefficient (Wildman–Crippen LogP) is 2.91. The largest absolute Gasteiger partial charge is 0.388 e. The number of hydrogen-bond donors (Lipinski definition) is 1. The molecule has 3 unspecified atom stereocenters. The van der Waals surface area contributed by atoms with Crippen molar-refractivity contribution in [1.82, 2.24) is 0 Å². The molecule has 3 atom stereocenters. The Hall–Kier alpha value is -0.890. The summed E-state index contributed by atoms with van der Waals surface area (Å²) in [5, 5.41) is 10.1. The molecule has 2 fully saturated rings. The molecule has 0 aliphatic heterocycles. The number of halogens is 1. The summed E-state index contributed by atoms with van der Waals surface area (Å²) >= 11 is 0. The lowest BCUT2D eigenvalue weighted by atomic mass is 9.91. The second kappa shape index (κ2) is 3.31. The van der Waals surface area contributed by atoms with Crippen LogP contribution in [0.4, 0.5) is 4.39 Å². The molecule has 15 heavy (non-hydrogen) atoms. The molecular weight excluding hydrogens is 191 g/mol. The number of aliphatic hydroxyl groups is 1. The molecular formula is C13H15FO. The Bertz CT molecular complexity index is 367. The highest BCUT2D eigenvalue weighted by molar-refractivity contribution is 5.21. The van der Waals surface area contributed by atoms with Gasteiger partial charge in [-0.15, -0.1) is 0 Å². The maximum absolute atomic E-state index is 13.4. The van der Waals surface area contributed by atoms with Crippen LogP contribution in [0.5, 0.6) is 0 Å². The number of hydrogen-bond acceptors (Lipinski definition) is 1. The van der Waals surface area contributed by atoms with E-state index in [4.69, 9.17) is 0 Å². The molecule has 1 aromatic rings. The zero-order valence-electron chi connectivity index (χ0n) is 8.57. The molecule has 1 nitrogen and oxygen atoms in total. The SMILES string of the molecule is OC(c1ccccc1F)C1CC2CC2C1. The zero-order chi connectivity index (χ0) is 10.4. The summed E-state index contributed by atoms with van der Waals surface area (Å²) in [4.78, 5) is 0. The molecule has 0 bridgehead atoms. The highest BCUT2D eigenvalue weighted by Gasteiger charge is 2.48. The summed E-state index contributed by atoms with van der Waals surface area (Å²) in [6, 6.07) is 6.58. The Morgan fingerprint density at radius 3 is 2.47 bits per heavy atom. The van der Waals surface area contributed by atoms with Gasteiger partial charge in [-0.25, -0.2) is 4.39 Å². The van der Waals surface area contributed by atoms with Crippen molar-refractivity contribution in [2.24, 2.45) is 17.8 Å². The normalized spacial score (nSPS) is 34.9. The third kappa shape index (κ3) is 1.57. The van der Waals surface area contributed by atoms with Crippen molar-refractivity contribution in [3.8, 4) is 0 Å². The van der Waals surface area contributed by atoms with Crippen LogP contribution < -0.4 is 0 Å². The van der Waals surface area contributed by atoms with Crippen molar-refractivity contribution in [1.29, 1.82) is 0 Å². The maximum atomic E-state index is 13.4. The van der Waals surface area contributed by atoms with Gasteiger partial charge in [0.1, 0.15) is 5.82 Å². The van der Waals surface area contributed by atoms with Gasteiger partial charge in [-0.1, -0.05) is 18.2 Å². The molecule has 2 aliphatic carbocycles. The van der Waals surface area contributed by atoms with Crippen LogP contribution in [0.1, 0.15) is 30.9 Å². The minimum atomic E-state index is -0.598. The van der Waals surface area contributed by atoms with E-state index in [0.717, 1.165) is 24.7 Å². The van der Waals surface area contributed by atoms with Crippen LogP contribution in [-0.2, 0) is 0 Å². The van der Waals surface area contributed by atoms with E-state index in [1.807, 2.05) is 0 Å². The third-order valence-electron chi connectivity index (χ3n) is 3.95. The van der Waals surface area contributed by atoms with Crippen molar-refractivity contribution >= 4 is 0 Å². The molecule has 80 valence electrons. The van der Waals surface area contributed by atoms with Gasteiger partial charge in [0.15, 0.2) is 0 Å². The van der Waals surface area contributed by atoms with Gasteiger partial charge in [-0.2, -0.15) is 0 Å². The van der Waals surface area contributed by atoms with E-state index in [1.165, 1.54) is 12.5 Å². The lowest BCUT2D eigenvalue weighted by molar-refractivity contribution is 0.101. The van der Waals surface area contributed by atoms with Crippen molar-refractivity contribution in [2.45, 2.75) is 25.4 Å². The van der Waals surface area contributed by atoms with Gasteiger partial charge in [-0.05, 0) is 43.1 Å². The highest BCUT2D eigenvalue weighted by Crippen LogP contribution is 2.57. The van der Waals surface area contributed by atoms with E-state index in [1.54, 1.807) is 18.2 Å². The first-order valence-corrected chi connectivity index (χ1v) is 5.68. The van der Waals surface area contributed by atoms with E-state index in [0.29, 0.717) is 5.56 Å². The fourth-order valence-corrected chi connectivity index (χ4v) is 2.99. The highest BCUT2D eigenvalue weighted by atomic mass is 19.1. The van der Waals surface area contributed by atoms with E-state index in [9.17, 15) is 9.50 Å². The summed E-state index contributed by atoms with van der Waals surface area (Å²) in [5.74, 6) is 1.67. The predicted molar refractivity (Wildman–Crippen MR) is 55.7 cm³/mol. The molecule has 1 aromatic carbocycles. The van der Waals surface area contributed by atoms with Crippen molar-refractivity contribution in [3.63, 3.8) is 0 Å². The maximum Gasteiger partial charge on any atom is 0.129 e. The van der Waals surface area contributed by atoms with Gasteiger partial charge in [0.2, 0.25) is 0 Å². The quantitative estimate of drug-likeness (QED) is 0.788. The molecule has 3 rings (SSSR count). The van der Waals surface area contributed by atoms with Crippen molar-refractivity contribution < 1.29 is 9.50 Å². The fourth-order valence-electron chi connectivity index (χ4n) is 2.99. The van der Waals surface area contributed by atoms with Crippen LogP contribution in [-0.4, -0.2) is 5.11 Å². The van der Waals surface area contributed by atoms with Crippen LogP contribution in [0.3, 0.4) is 0 Å².